The Morgan fingerprint density at radius 1 is 1.03 bits per heavy atom. The molecular weight excluding hydrogens is 537 g/mol. The van der Waals surface area contributed by atoms with Gasteiger partial charge in [0, 0.05) is 37.9 Å². The highest BCUT2D eigenvalue weighted by Crippen LogP contribution is 2.40. The zero-order valence-corrected chi connectivity index (χ0v) is 24.2. The van der Waals surface area contributed by atoms with Crippen molar-refractivity contribution in [1.29, 1.82) is 0 Å². The fourth-order valence-electron chi connectivity index (χ4n) is 4.23. The summed E-state index contributed by atoms with van der Waals surface area (Å²) < 4.78 is 22.3. The van der Waals surface area contributed by atoms with Crippen molar-refractivity contribution in [2.75, 3.05) is 51.9 Å². The van der Waals surface area contributed by atoms with E-state index in [1.165, 1.54) is 6.92 Å². The average molecular weight is 573 g/mol. The van der Waals surface area contributed by atoms with Gasteiger partial charge in [-0.2, -0.15) is 0 Å². The van der Waals surface area contributed by atoms with E-state index in [0.29, 0.717) is 28.3 Å². The van der Waals surface area contributed by atoms with Gasteiger partial charge >= 0.3 is 5.97 Å². The van der Waals surface area contributed by atoms with E-state index in [9.17, 15) is 4.79 Å². The molecule has 0 radical (unpaired) electrons. The molecule has 0 bridgehead atoms. The van der Waals surface area contributed by atoms with Gasteiger partial charge in [0.15, 0.2) is 5.75 Å². The van der Waals surface area contributed by atoms with Gasteiger partial charge in [0.05, 0.1) is 35.7 Å². The topological polar surface area (TPSA) is 57.2 Å². The number of nitrogens with zero attached hydrogens (tertiary/aromatic N) is 1. The average Bonchev–Trinajstić information content (AvgIpc) is 2.86. The van der Waals surface area contributed by atoms with E-state index >= 15 is 0 Å². The number of benzene rings is 2. The molecule has 6 nitrogen and oxygen atoms in total. The second-order valence-electron chi connectivity index (χ2n) is 9.94. The smallest absolute Gasteiger partial charge is 0.303 e. The molecule has 9 heteroatoms. The Morgan fingerprint density at radius 2 is 1.65 bits per heavy atom. The lowest BCUT2D eigenvalue weighted by atomic mass is 9.78. The summed E-state index contributed by atoms with van der Waals surface area (Å²) in [6, 6.07) is 11.8. The normalized spacial score (nSPS) is 16.2. The van der Waals surface area contributed by atoms with Gasteiger partial charge in [-0.15, -0.1) is 11.6 Å². The number of esters is 1. The molecule has 37 heavy (non-hydrogen) atoms. The van der Waals surface area contributed by atoms with Gasteiger partial charge in [0.2, 0.25) is 0 Å². The first kappa shape index (κ1) is 29.9. The Kier molecular flexibility index (Phi) is 11.2. The van der Waals surface area contributed by atoms with Crippen molar-refractivity contribution in [2.24, 2.45) is 5.92 Å². The van der Waals surface area contributed by atoms with E-state index < -0.39 is 12.1 Å². The van der Waals surface area contributed by atoms with Gasteiger partial charge in [-0.05, 0) is 35.4 Å². The zero-order chi connectivity index (χ0) is 27.0. The van der Waals surface area contributed by atoms with E-state index in [2.05, 4.69) is 37.8 Å². The highest BCUT2D eigenvalue weighted by Gasteiger charge is 2.26. The number of carbonyl (C=O) groups excluding carboxylic acids is 1. The molecule has 2 aromatic rings. The van der Waals surface area contributed by atoms with E-state index in [1.807, 2.05) is 24.3 Å². The summed E-state index contributed by atoms with van der Waals surface area (Å²) in [5.41, 5.74) is 1.67. The predicted molar refractivity (Wildman–Crippen MR) is 149 cm³/mol. The van der Waals surface area contributed by atoms with Crippen LogP contribution in [0.25, 0.3) is 0 Å². The van der Waals surface area contributed by atoms with Crippen LogP contribution < -0.4 is 9.47 Å². The molecule has 1 fully saturated rings. The fourth-order valence-corrected chi connectivity index (χ4v) is 4.98. The van der Waals surface area contributed by atoms with Crippen LogP contribution in [0.15, 0.2) is 36.4 Å². The van der Waals surface area contributed by atoms with Crippen LogP contribution in [0.2, 0.25) is 10.0 Å². The third kappa shape index (κ3) is 8.66. The lowest BCUT2D eigenvalue weighted by Gasteiger charge is -2.29. The molecule has 2 aromatic carbocycles. The highest BCUT2D eigenvalue weighted by molar-refractivity contribution is 6.37. The summed E-state index contributed by atoms with van der Waals surface area (Å²) in [5, 5.41) is 0.752. The molecule has 204 valence electrons. The molecule has 0 saturated carbocycles. The second-order valence-corrected chi connectivity index (χ2v) is 11.1. The minimum absolute atomic E-state index is 0.0534. The second kappa shape index (κ2) is 13.9. The molecule has 0 spiro atoms. The van der Waals surface area contributed by atoms with Crippen LogP contribution >= 0.6 is 34.8 Å². The molecule has 1 heterocycles. The predicted octanol–water partition coefficient (Wildman–Crippen LogP) is 6.22. The molecule has 2 atom stereocenters. The number of carbonyl (C=O) groups is 1. The Labute approximate surface area is 235 Å². The summed E-state index contributed by atoms with van der Waals surface area (Å²) in [6.45, 7) is 13.1. The quantitative estimate of drug-likeness (QED) is 0.222. The van der Waals surface area contributed by atoms with E-state index in [-0.39, 0.29) is 17.9 Å². The number of halogens is 3. The van der Waals surface area contributed by atoms with Gasteiger partial charge in [0.1, 0.15) is 18.5 Å². The van der Waals surface area contributed by atoms with Crippen molar-refractivity contribution in [3.63, 3.8) is 0 Å². The molecular formula is C28H36Cl3NO5. The van der Waals surface area contributed by atoms with E-state index in [1.54, 1.807) is 0 Å². The number of hydrogen-bond acceptors (Lipinski definition) is 6. The molecule has 1 aliphatic rings. The maximum Gasteiger partial charge on any atom is 0.303 e. The monoisotopic (exact) mass is 571 g/mol. The Balaban J connectivity index is 1.62. The molecule has 0 aromatic heterocycles. The summed E-state index contributed by atoms with van der Waals surface area (Å²) in [4.78, 5) is 13.6. The largest absolute Gasteiger partial charge is 0.493 e. The molecule has 3 rings (SSSR count). The summed E-state index contributed by atoms with van der Waals surface area (Å²) in [6.07, 6.45) is -0.592. The number of ether oxygens (including phenoxy) is 4. The highest BCUT2D eigenvalue weighted by atomic mass is 35.5. The Morgan fingerprint density at radius 3 is 2.22 bits per heavy atom. The van der Waals surface area contributed by atoms with Gasteiger partial charge < -0.3 is 18.9 Å². The standard InChI is InChI=1S/C28H36Cl3NO5/c1-19(16-32-9-11-34-12-10-32)17-35-23-7-5-21(6-8-23)28(3,4)22-13-25(30)27(26(31)14-22)36-18-24(15-29)37-20(2)33/h5-8,13-14,19,24H,9-12,15-18H2,1-4H3. The fraction of sp³-hybridized carbons (Fsp3) is 0.536. The molecule has 2 unspecified atom stereocenters. The molecule has 1 aliphatic heterocycles. The summed E-state index contributed by atoms with van der Waals surface area (Å²) in [5.74, 6) is 1.28. The Hall–Kier alpha value is -1.70. The van der Waals surface area contributed by atoms with Crippen LogP contribution in [0, 0.1) is 5.92 Å². The summed E-state index contributed by atoms with van der Waals surface area (Å²) >= 11 is 18.9. The lowest BCUT2D eigenvalue weighted by molar-refractivity contribution is -0.146. The minimum atomic E-state index is -0.592. The van der Waals surface area contributed by atoms with Crippen molar-refractivity contribution < 1.29 is 23.7 Å². The molecule has 1 saturated heterocycles. The number of rotatable bonds is 12. The zero-order valence-electron chi connectivity index (χ0n) is 21.9. The van der Waals surface area contributed by atoms with Crippen LogP contribution in [0.3, 0.4) is 0 Å². The van der Waals surface area contributed by atoms with Gasteiger partial charge in [-0.1, -0.05) is 56.1 Å². The maximum absolute atomic E-state index is 11.2. The van der Waals surface area contributed by atoms with Crippen molar-refractivity contribution in [3.8, 4) is 11.5 Å². The van der Waals surface area contributed by atoms with Crippen LogP contribution in [-0.4, -0.2) is 68.9 Å². The molecule has 0 aliphatic carbocycles. The van der Waals surface area contributed by atoms with E-state index in [4.69, 9.17) is 53.8 Å². The van der Waals surface area contributed by atoms with E-state index in [0.717, 1.165) is 49.7 Å². The number of morpholine rings is 1. The van der Waals surface area contributed by atoms with Crippen molar-refractivity contribution in [3.05, 3.63) is 57.6 Å². The molecule has 0 N–H and O–H groups in total. The number of alkyl halides is 1. The first-order valence-corrected chi connectivity index (χ1v) is 13.8. The van der Waals surface area contributed by atoms with Crippen molar-refractivity contribution in [1.82, 2.24) is 4.90 Å². The van der Waals surface area contributed by atoms with Crippen molar-refractivity contribution >= 4 is 40.8 Å². The lowest BCUT2D eigenvalue weighted by Crippen LogP contribution is -2.39. The van der Waals surface area contributed by atoms with Gasteiger partial charge in [-0.3, -0.25) is 9.69 Å². The van der Waals surface area contributed by atoms with Gasteiger partial charge in [0.25, 0.3) is 0 Å². The van der Waals surface area contributed by atoms with Crippen LogP contribution in [0.5, 0.6) is 11.5 Å². The maximum atomic E-state index is 11.2. The molecule has 0 amide bonds. The first-order valence-electron chi connectivity index (χ1n) is 12.5. The van der Waals surface area contributed by atoms with Crippen LogP contribution in [-0.2, 0) is 19.7 Å². The first-order chi connectivity index (χ1) is 17.6. The SMILES string of the molecule is CC(=O)OC(CCl)COc1c(Cl)cc(C(C)(C)c2ccc(OCC(C)CN3CCOCC3)cc2)cc1Cl. The number of hydrogen-bond donors (Lipinski definition) is 0. The van der Waals surface area contributed by atoms with Crippen molar-refractivity contribution in [2.45, 2.75) is 39.2 Å². The third-order valence-corrected chi connectivity index (χ3v) is 7.33. The Bertz CT molecular complexity index is 1000. The third-order valence-electron chi connectivity index (χ3n) is 6.42. The van der Waals surface area contributed by atoms with Gasteiger partial charge in [-0.25, -0.2) is 0 Å². The van der Waals surface area contributed by atoms with Crippen LogP contribution in [0.4, 0.5) is 0 Å². The summed E-state index contributed by atoms with van der Waals surface area (Å²) in [7, 11) is 0. The van der Waals surface area contributed by atoms with Crippen LogP contribution in [0.1, 0.15) is 38.8 Å². The minimum Gasteiger partial charge on any atom is -0.493 e.